The molecule has 0 unspecified atom stereocenters. The molecule has 0 radical (unpaired) electrons. The fraction of sp³-hybridized carbons (Fsp3) is 0.0625. The van der Waals surface area contributed by atoms with Gasteiger partial charge in [0.15, 0.2) is 0 Å². The Hall–Kier alpha value is -2.17. The molecule has 0 fully saturated rings. The molecule has 0 bridgehead atoms. The zero-order chi connectivity index (χ0) is 15.7. The van der Waals surface area contributed by atoms with E-state index in [1.165, 1.54) is 10.9 Å². The van der Waals surface area contributed by atoms with Gasteiger partial charge in [-0.1, -0.05) is 41.4 Å². The highest BCUT2D eigenvalue weighted by Gasteiger charge is 2.06. The Morgan fingerprint density at radius 1 is 1.18 bits per heavy atom. The molecule has 3 aromatic rings. The number of fused-ring (bicyclic) bond motifs is 1. The minimum absolute atomic E-state index is 0.218. The van der Waals surface area contributed by atoms with Gasteiger partial charge in [-0.2, -0.15) is 9.78 Å². The molecule has 0 saturated carbocycles. The van der Waals surface area contributed by atoms with E-state index < -0.39 is 0 Å². The van der Waals surface area contributed by atoms with Crippen LogP contribution >= 0.6 is 23.2 Å². The lowest BCUT2D eigenvalue weighted by Gasteiger charge is -2.05. The number of aromatic nitrogens is 2. The lowest BCUT2D eigenvalue weighted by Crippen LogP contribution is -2.20. The molecular weight excluding hydrogens is 321 g/mol. The Morgan fingerprint density at radius 2 is 1.95 bits per heavy atom. The second-order valence-electron chi connectivity index (χ2n) is 4.70. The predicted octanol–water partition coefficient (Wildman–Crippen LogP) is 3.89. The molecule has 0 aliphatic carbocycles. The number of nitrogens with zero attached hydrogens (tertiary/aromatic N) is 3. The highest BCUT2D eigenvalue weighted by molar-refractivity contribution is 6.36. The van der Waals surface area contributed by atoms with Crippen molar-refractivity contribution < 1.29 is 0 Å². The number of aryl methyl sites for hydroxylation is 1. The van der Waals surface area contributed by atoms with Gasteiger partial charge in [0.1, 0.15) is 5.82 Å². The first-order valence-electron chi connectivity index (χ1n) is 6.54. The SMILES string of the molecule is Cc1nc2ccccc2c(=O)n1/N=C\c1ccc(Cl)cc1Cl. The van der Waals surface area contributed by atoms with E-state index in [1.54, 1.807) is 43.3 Å². The van der Waals surface area contributed by atoms with Gasteiger partial charge in [-0.25, -0.2) is 4.98 Å². The van der Waals surface area contributed by atoms with Crippen LogP contribution in [0.3, 0.4) is 0 Å². The van der Waals surface area contributed by atoms with Crippen LogP contribution < -0.4 is 5.56 Å². The number of benzene rings is 2. The Kier molecular flexibility index (Phi) is 3.96. The van der Waals surface area contributed by atoms with Crippen LogP contribution in [-0.2, 0) is 0 Å². The monoisotopic (exact) mass is 331 g/mol. The van der Waals surface area contributed by atoms with E-state index >= 15 is 0 Å². The van der Waals surface area contributed by atoms with Crippen molar-refractivity contribution in [3.05, 3.63) is 74.3 Å². The van der Waals surface area contributed by atoms with Crippen LogP contribution in [0, 0.1) is 6.92 Å². The van der Waals surface area contributed by atoms with Crippen LogP contribution in [0.1, 0.15) is 11.4 Å². The fourth-order valence-corrected chi connectivity index (χ4v) is 2.55. The molecule has 0 atom stereocenters. The molecule has 0 aliphatic rings. The Labute approximate surface area is 136 Å². The third-order valence-electron chi connectivity index (χ3n) is 3.19. The smallest absolute Gasteiger partial charge is 0.267 e. The summed E-state index contributed by atoms with van der Waals surface area (Å²) in [5.74, 6) is 0.505. The molecule has 2 aromatic carbocycles. The maximum atomic E-state index is 12.5. The molecule has 4 nitrogen and oxygen atoms in total. The van der Waals surface area contributed by atoms with Crippen molar-refractivity contribution in [3.63, 3.8) is 0 Å². The molecular formula is C16H11Cl2N3O. The minimum Gasteiger partial charge on any atom is -0.267 e. The summed E-state index contributed by atoms with van der Waals surface area (Å²) >= 11 is 11.9. The molecule has 3 rings (SSSR count). The highest BCUT2D eigenvalue weighted by Crippen LogP contribution is 2.19. The average molecular weight is 332 g/mol. The normalized spacial score (nSPS) is 11.4. The summed E-state index contributed by atoms with van der Waals surface area (Å²) in [4.78, 5) is 16.8. The van der Waals surface area contributed by atoms with Crippen LogP contribution in [0.2, 0.25) is 10.0 Å². The molecule has 1 aromatic heterocycles. The maximum absolute atomic E-state index is 12.5. The van der Waals surface area contributed by atoms with Crippen molar-refractivity contribution in [1.82, 2.24) is 9.66 Å². The van der Waals surface area contributed by atoms with E-state index in [1.807, 2.05) is 6.07 Å². The Balaban J connectivity index is 2.11. The number of para-hydroxylation sites is 1. The van der Waals surface area contributed by atoms with Gasteiger partial charge in [-0.05, 0) is 31.2 Å². The van der Waals surface area contributed by atoms with E-state index in [4.69, 9.17) is 23.2 Å². The molecule has 1 heterocycles. The Bertz CT molecular complexity index is 948. The van der Waals surface area contributed by atoms with E-state index in [9.17, 15) is 4.79 Å². The molecule has 6 heteroatoms. The summed E-state index contributed by atoms with van der Waals surface area (Å²) < 4.78 is 1.26. The van der Waals surface area contributed by atoms with Crippen LogP contribution in [0.25, 0.3) is 10.9 Å². The van der Waals surface area contributed by atoms with E-state index in [-0.39, 0.29) is 5.56 Å². The highest BCUT2D eigenvalue weighted by atomic mass is 35.5. The van der Waals surface area contributed by atoms with Crippen molar-refractivity contribution in [2.75, 3.05) is 0 Å². The van der Waals surface area contributed by atoms with Gasteiger partial charge in [0.2, 0.25) is 0 Å². The van der Waals surface area contributed by atoms with Crippen LogP contribution in [0.5, 0.6) is 0 Å². The first kappa shape index (κ1) is 14.8. The standard InChI is InChI=1S/C16H11Cl2N3O/c1-10-20-15-5-3-2-4-13(15)16(22)21(10)19-9-11-6-7-12(17)8-14(11)18/h2-9H,1H3/b19-9-. The second-order valence-corrected chi connectivity index (χ2v) is 5.55. The lowest BCUT2D eigenvalue weighted by molar-refractivity contribution is 0.771. The van der Waals surface area contributed by atoms with Crippen LogP contribution in [0.4, 0.5) is 0 Å². The minimum atomic E-state index is -0.218. The zero-order valence-electron chi connectivity index (χ0n) is 11.6. The third kappa shape index (κ3) is 2.75. The number of hydrogen-bond acceptors (Lipinski definition) is 3. The molecule has 110 valence electrons. The molecule has 0 spiro atoms. The van der Waals surface area contributed by atoms with E-state index in [2.05, 4.69) is 10.1 Å². The van der Waals surface area contributed by atoms with Gasteiger partial charge >= 0.3 is 0 Å². The van der Waals surface area contributed by atoms with Crippen molar-refractivity contribution in [2.45, 2.75) is 6.92 Å². The first-order valence-corrected chi connectivity index (χ1v) is 7.29. The lowest BCUT2D eigenvalue weighted by atomic mass is 10.2. The molecule has 0 aliphatic heterocycles. The summed E-state index contributed by atoms with van der Waals surface area (Å²) in [6.07, 6.45) is 1.52. The van der Waals surface area contributed by atoms with Crippen molar-refractivity contribution in [2.24, 2.45) is 5.10 Å². The van der Waals surface area contributed by atoms with Crippen molar-refractivity contribution >= 4 is 40.3 Å². The van der Waals surface area contributed by atoms with Crippen molar-refractivity contribution in [3.8, 4) is 0 Å². The van der Waals surface area contributed by atoms with Gasteiger partial charge in [-0.15, -0.1) is 0 Å². The summed E-state index contributed by atoms with van der Waals surface area (Å²) in [5, 5.41) is 5.74. The summed E-state index contributed by atoms with van der Waals surface area (Å²) in [6.45, 7) is 1.73. The number of halogens is 2. The fourth-order valence-electron chi connectivity index (χ4n) is 2.10. The second kappa shape index (κ2) is 5.91. The van der Waals surface area contributed by atoms with Gasteiger partial charge in [0.25, 0.3) is 5.56 Å². The predicted molar refractivity (Wildman–Crippen MR) is 90.2 cm³/mol. The maximum Gasteiger partial charge on any atom is 0.282 e. The van der Waals surface area contributed by atoms with Gasteiger partial charge < -0.3 is 0 Å². The van der Waals surface area contributed by atoms with E-state index in [0.717, 1.165) is 0 Å². The molecule has 0 saturated heterocycles. The number of rotatable bonds is 2. The van der Waals surface area contributed by atoms with Gasteiger partial charge in [-0.3, -0.25) is 4.79 Å². The third-order valence-corrected chi connectivity index (χ3v) is 3.75. The number of hydrogen-bond donors (Lipinski definition) is 0. The summed E-state index contributed by atoms with van der Waals surface area (Å²) in [7, 11) is 0. The Morgan fingerprint density at radius 3 is 2.73 bits per heavy atom. The van der Waals surface area contributed by atoms with Crippen LogP contribution in [0.15, 0.2) is 52.4 Å². The molecule has 22 heavy (non-hydrogen) atoms. The molecule has 0 N–H and O–H groups in total. The van der Waals surface area contributed by atoms with Gasteiger partial charge in [0.05, 0.1) is 22.1 Å². The zero-order valence-corrected chi connectivity index (χ0v) is 13.1. The molecule has 0 amide bonds. The first-order chi connectivity index (χ1) is 10.6. The quantitative estimate of drug-likeness (QED) is 0.668. The largest absolute Gasteiger partial charge is 0.282 e. The van der Waals surface area contributed by atoms with E-state index in [0.29, 0.717) is 32.3 Å². The van der Waals surface area contributed by atoms with Gasteiger partial charge in [0, 0.05) is 10.6 Å². The summed E-state index contributed by atoms with van der Waals surface area (Å²) in [6, 6.07) is 12.2. The van der Waals surface area contributed by atoms with Crippen LogP contribution in [-0.4, -0.2) is 15.9 Å². The topological polar surface area (TPSA) is 47.2 Å². The summed E-state index contributed by atoms with van der Waals surface area (Å²) in [5.41, 5.74) is 1.11. The average Bonchev–Trinajstić information content (AvgIpc) is 2.49. The van der Waals surface area contributed by atoms with Crippen molar-refractivity contribution in [1.29, 1.82) is 0 Å².